The van der Waals surface area contributed by atoms with Crippen LogP contribution in [0.1, 0.15) is 16.7 Å². The predicted octanol–water partition coefficient (Wildman–Crippen LogP) is 8.46. The maximum absolute atomic E-state index is 13.3. The topological polar surface area (TPSA) is 60.6 Å². The molecule has 3 aromatic carbocycles. The van der Waals surface area contributed by atoms with E-state index in [4.69, 9.17) is 5.73 Å². The molecule has 0 bridgehead atoms. The molecule has 0 aliphatic heterocycles. The second-order valence-electron chi connectivity index (χ2n) is 9.88. The fourth-order valence-electron chi connectivity index (χ4n) is 4.95. The normalized spacial score (nSPS) is 12.6. The van der Waals surface area contributed by atoms with Crippen LogP contribution in [0, 0.1) is 0 Å². The molecule has 5 nitrogen and oxygen atoms in total. The van der Waals surface area contributed by atoms with Gasteiger partial charge >= 0.3 is 12.7 Å². The zero-order valence-electron chi connectivity index (χ0n) is 23.8. The van der Waals surface area contributed by atoms with E-state index in [-0.39, 0.29) is 18.8 Å². The lowest BCUT2D eigenvalue weighted by Crippen LogP contribution is -2.45. The average Bonchev–Trinajstić information content (AvgIpc) is 2.99. The Hall–Kier alpha value is -5.19. The smallest absolute Gasteiger partial charge is 0.406 e. The maximum atomic E-state index is 13.3. The van der Waals surface area contributed by atoms with Crippen LogP contribution in [-0.4, -0.2) is 24.3 Å². The molecule has 2 N–H and O–H groups in total. The van der Waals surface area contributed by atoms with Gasteiger partial charge in [-0.05, 0) is 65.6 Å². The zero-order chi connectivity index (χ0) is 32.5. The summed E-state index contributed by atoms with van der Waals surface area (Å²) in [5.74, 6) is -0.403. The molecule has 0 spiro atoms. The minimum atomic E-state index is -4.98. The zero-order valence-corrected chi connectivity index (χ0v) is 23.8. The minimum Gasteiger partial charge on any atom is -0.406 e. The van der Waals surface area contributed by atoms with Crippen molar-refractivity contribution < 1.29 is 35.8 Å². The Morgan fingerprint density at radius 3 is 1.84 bits per heavy atom. The molecule has 0 atom stereocenters. The second-order valence-corrected chi connectivity index (χ2v) is 9.88. The molecule has 1 heterocycles. The highest BCUT2D eigenvalue weighted by Gasteiger charge is 2.40. The van der Waals surface area contributed by atoms with Gasteiger partial charge in [0.25, 0.3) is 0 Å². The largest absolute Gasteiger partial charge is 0.573 e. The Bertz CT molecular complexity index is 1560. The molecule has 1 aromatic heterocycles. The summed E-state index contributed by atoms with van der Waals surface area (Å²) in [5.41, 5.74) is 6.61. The maximum Gasteiger partial charge on any atom is 0.573 e. The summed E-state index contributed by atoms with van der Waals surface area (Å²) < 4.78 is 88.5. The van der Waals surface area contributed by atoms with Gasteiger partial charge in [0.15, 0.2) is 0 Å². The highest BCUT2D eigenvalue weighted by atomic mass is 19.4. The highest BCUT2D eigenvalue weighted by Crippen LogP contribution is 2.42. The second kappa shape index (κ2) is 14.1. The standard InChI is InChI=1S/C34H29F6N3O2/c1-2-3-5-18-30(41)43(31-19-8-9-20-42-31)24-32(23-25-12-6-4-7-13-25,26-14-10-16-28(21-26)44-33(35,36)37)27-15-11-17-29(22-27)45-34(38,39)40/h2-22H,1,23-24,41H2/b5-3-,30-18+. The number of rotatable bonds is 12. The van der Waals surface area contributed by atoms with Gasteiger partial charge in [-0.15, -0.1) is 26.3 Å². The van der Waals surface area contributed by atoms with Crippen molar-refractivity contribution in [3.05, 3.63) is 157 Å². The molecule has 0 aliphatic rings. The Morgan fingerprint density at radius 2 is 1.33 bits per heavy atom. The molecule has 0 saturated heterocycles. The number of pyridine rings is 1. The van der Waals surface area contributed by atoms with E-state index in [1.165, 1.54) is 24.3 Å². The van der Waals surface area contributed by atoms with Crippen LogP contribution >= 0.6 is 0 Å². The Balaban J connectivity index is 2.03. The molecule has 45 heavy (non-hydrogen) atoms. The molecule has 4 rings (SSSR count). The fourth-order valence-corrected chi connectivity index (χ4v) is 4.95. The summed E-state index contributed by atoms with van der Waals surface area (Å²) in [6.45, 7) is 3.57. The molecule has 0 saturated carbocycles. The number of nitrogens with zero attached hydrogens (tertiary/aromatic N) is 2. The van der Waals surface area contributed by atoms with Crippen LogP contribution in [0.25, 0.3) is 0 Å². The third-order valence-corrected chi connectivity index (χ3v) is 6.77. The number of anilines is 1. The van der Waals surface area contributed by atoms with Crippen molar-refractivity contribution in [1.82, 2.24) is 4.98 Å². The Labute approximate surface area is 256 Å². The first kappa shape index (κ1) is 32.7. The number of benzene rings is 3. The third kappa shape index (κ3) is 9.15. The van der Waals surface area contributed by atoms with E-state index in [0.717, 1.165) is 17.7 Å². The van der Waals surface area contributed by atoms with Crippen molar-refractivity contribution in [1.29, 1.82) is 0 Å². The number of nitrogens with two attached hydrogens (primary N) is 1. The van der Waals surface area contributed by atoms with Crippen LogP contribution in [0.4, 0.5) is 32.2 Å². The van der Waals surface area contributed by atoms with E-state index in [1.54, 1.807) is 83.9 Å². The SMILES string of the molecule is C=C/C=C\C=C(/N)N(CC(Cc1ccccc1)(c1cccc(OC(F)(F)F)c1)c1cccc(OC(F)(F)F)c1)c1ccccn1. The fraction of sp³-hybridized carbons (Fsp3) is 0.147. The minimum absolute atomic E-state index is 0.0753. The number of hydrogen-bond donors (Lipinski definition) is 1. The van der Waals surface area contributed by atoms with Crippen molar-refractivity contribution in [2.45, 2.75) is 24.6 Å². The van der Waals surface area contributed by atoms with E-state index in [0.29, 0.717) is 16.9 Å². The molecule has 0 amide bonds. The molecular formula is C34H29F6N3O2. The van der Waals surface area contributed by atoms with Crippen LogP contribution < -0.4 is 20.1 Å². The van der Waals surface area contributed by atoms with E-state index in [1.807, 2.05) is 12.1 Å². The molecule has 0 unspecified atom stereocenters. The molecular weight excluding hydrogens is 596 g/mol. The van der Waals surface area contributed by atoms with Gasteiger partial charge in [0.2, 0.25) is 0 Å². The Kier molecular flexibility index (Phi) is 10.2. The predicted molar refractivity (Wildman–Crippen MR) is 160 cm³/mol. The summed E-state index contributed by atoms with van der Waals surface area (Å²) in [6.07, 6.45) is -1.86. The summed E-state index contributed by atoms with van der Waals surface area (Å²) in [4.78, 5) is 6.10. The molecule has 234 valence electrons. The average molecular weight is 626 g/mol. The Morgan fingerprint density at radius 1 is 0.756 bits per heavy atom. The molecule has 0 aliphatic carbocycles. The monoisotopic (exact) mass is 625 g/mol. The molecule has 0 fully saturated rings. The summed E-state index contributed by atoms with van der Waals surface area (Å²) in [7, 11) is 0. The van der Waals surface area contributed by atoms with Crippen LogP contribution in [-0.2, 0) is 11.8 Å². The molecule has 0 radical (unpaired) electrons. The summed E-state index contributed by atoms with van der Waals surface area (Å²) in [6, 6.07) is 24.9. The van der Waals surface area contributed by atoms with Crippen molar-refractivity contribution >= 4 is 5.82 Å². The van der Waals surface area contributed by atoms with Gasteiger partial charge in [-0.1, -0.05) is 85.5 Å². The number of hydrogen-bond acceptors (Lipinski definition) is 5. The van der Waals surface area contributed by atoms with E-state index >= 15 is 0 Å². The van der Waals surface area contributed by atoms with Crippen LogP contribution in [0.3, 0.4) is 0 Å². The van der Waals surface area contributed by atoms with Crippen LogP contribution in [0.2, 0.25) is 0 Å². The number of alkyl halides is 6. The first-order chi connectivity index (χ1) is 21.4. The lowest BCUT2D eigenvalue weighted by atomic mass is 9.69. The van der Waals surface area contributed by atoms with E-state index < -0.39 is 29.6 Å². The van der Waals surface area contributed by atoms with Crippen molar-refractivity contribution in [2.75, 3.05) is 11.4 Å². The number of aromatic nitrogens is 1. The lowest BCUT2D eigenvalue weighted by Gasteiger charge is -2.40. The lowest BCUT2D eigenvalue weighted by molar-refractivity contribution is -0.275. The van der Waals surface area contributed by atoms with Crippen molar-refractivity contribution in [2.24, 2.45) is 5.73 Å². The van der Waals surface area contributed by atoms with Gasteiger partial charge in [-0.2, -0.15) is 0 Å². The van der Waals surface area contributed by atoms with Crippen molar-refractivity contribution in [3.8, 4) is 11.5 Å². The third-order valence-electron chi connectivity index (χ3n) is 6.77. The molecule has 4 aromatic rings. The van der Waals surface area contributed by atoms with Crippen molar-refractivity contribution in [3.63, 3.8) is 0 Å². The van der Waals surface area contributed by atoms with E-state index in [2.05, 4.69) is 21.0 Å². The first-order valence-electron chi connectivity index (χ1n) is 13.6. The van der Waals surface area contributed by atoms with Gasteiger partial charge in [0.05, 0.1) is 0 Å². The number of halogens is 6. The number of ether oxygens (including phenoxy) is 2. The van der Waals surface area contributed by atoms with Gasteiger partial charge in [0, 0.05) is 18.2 Å². The van der Waals surface area contributed by atoms with Gasteiger partial charge < -0.3 is 20.1 Å². The first-order valence-corrected chi connectivity index (χ1v) is 13.6. The quantitative estimate of drug-likeness (QED) is 0.127. The van der Waals surface area contributed by atoms with Crippen LogP contribution in [0.5, 0.6) is 11.5 Å². The summed E-state index contributed by atoms with van der Waals surface area (Å²) >= 11 is 0. The van der Waals surface area contributed by atoms with Gasteiger partial charge in [-0.25, -0.2) is 4.98 Å². The molecule has 11 heteroatoms. The van der Waals surface area contributed by atoms with Gasteiger partial charge in [0.1, 0.15) is 23.1 Å². The van der Waals surface area contributed by atoms with Crippen LogP contribution in [0.15, 0.2) is 140 Å². The van der Waals surface area contributed by atoms with Gasteiger partial charge in [-0.3, -0.25) is 0 Å². The number of allylic oxidation sites excluding steroid dienone is 4. The summed E-state index contributed by atoms with van der Waals surface area (Å²) in [5, 5.41) is 0. The van der Waals surface area contributed by atoms with E-state index in [9.17, 15) is 26.3 Å². The highest BCUT2D eigenvalue weighted by molar-refractivity contribution is 5.53.